The zero-order valence-corrected chi connectivity index (χ0v) is 7.34. The second-order valence-electron chi connectivity index (χ2n) is 2.70. The van der Waals surface area contributed by atoms with Crippen LogP contribution in [0, 0.1) is 0 Å². The van der Waals surface area contributed by atoms with Gasteiger partial charge in [0.05, 0.1) is 0 Å². The first-order valence-electron chi connectivity index (χ1n) is 4.02. The van der Waals surface area contributed by atoms with Crippen LogP contribution in [-0.2, 0) is 0 Å². The molecule has 0 aliphatic carbocycles. The van der Waals surface area contributed by atoms with Crippen molar-refractivity contribution in [2.75, 3.05) is 0 Å². The second kappa shape index (κ2) is 6.67. The zero-order chi connectivity index (χ0) is 9.40. The van der Waals surface area contributed by atoms with Gasteiger partial charge in [0.25, 0.3) is 0 Å². The highest BCUT2D eigenvalue weighted by atomic mass is 16.4. The number of allylic oxidation sites excluding steroid dienone is 1. The Hall–Kier alpha value is -1.03. The molecule has 1 amide bonds. The van der Waals surface area contributed by atoms with Crippen LogP contribution in [0.5, 0.6) is 0 Å². The molecule has 0 heterocycles. The lowest BCUT2D eigenvalue weighted by molar-refractivity contribution is 0.186. The molecular weight excluding hydrogens is 156 g/mol. The fourth-order valence-electron chi connectivity index (χ4n) is 0.825. The minimum atomic E-state index is -1.05. The maximum atomic E-state index is 10.0. The molecule has 1 unspecified atom stereocenters. The summed E-state index contributed by atoms with van der Waals surface area (Å²) in [7, 11) is 0. The lowest BCUT2D eigenvalue weighted by atomic mass is 10.1. The van der Waals surface area contributed by atoms with E-state index in [1.54, 1.807) is 0 Å². The molecule has 0 bridgehead atoms. The van der Waals surface area contributed by atoms with Gasteiger partial charge in [-0.3, -0.25) is 5.43 Å². The normalized spacial score (nSPS) is 12.1. The van der Waals surface area contributed by atoms with E-state index in [0.717, 1.165) is 19.3 Å². The fraction of sp³-hybridized carbons (Fsp3) is 0.625. The van der Waals surface area contributed by atoms with Crippen molar-refractivity contribution in [3.63, 3.8) is 0 Å². The van der Waals surface area contributed by atoms with Crippen LogP contribution in [0.2, 0.25) is 0 Å². The smallest absolute Gasteiger partial charge is 0.419 e. The van der Waals surface area contributed by atoms with E-state index < -0.39 is 6.09 Å². The van der Waals surface area contributed by atoms with E-state index in [-0.39, 0.29) is 6.04 Å². The SMILES string of the molecule is C=CCCCC(C)NNC(=O)O. The van der Waals surface area contributed by atoms with Crippen LogP contribution in [0.4, 0.5) is 4.79 Å². The topological polar surface area (TPSA) is 61.4 Å². The van der Waals surface area contributed by atoms with E-state index in [0.29, 0.717) is 0 Å². The summed E-state index contributed by atoms with van der Waals surface area (Å²) >= 11 is 0. The van der Waals surface area contributed by atoms with Crippen molar-refractivity contribution in [3.8, 4) is 0 Å². The largest absolute Gasteiger partial charge is 0.464 e. The highest BCUT2D eigenvalue weighted by molar-refractivity contribution is 5.63. The summed E-state index contributed by atoms with van der Waals surface area (Å²) in [5.41, 5.74) is 4.77. The maximum Gasteiger partial charge on any atom is 0.419 e. The van der Waals surface area contributed by atoms with Crippen molar-refractivity contribution in [3.05, 3.63) is 12.7 Å². The van der Waals surface area contributed by atoms with Gasteiger partial charge < -0.3 is 5.11 Å². The van der Waals surface area contributed by atoms with Crippen molar-refractivity contribution < 1.29 is 9.90 Å². The first-order valence-corrected chi connectivity index (χ1v) is 4.02. The average molecular weight is 172 g/mol. The number of nitrogens with one attached hydrogen (secondary N) is 2. The fourth-order valence-corrected chi connectivity index (χ4v) is 0.825. The molecule has 0 saturated carbocycles. The number of hydrogen-bond donors (Lipinski definition) is 3. The standard InChI is InChI=1S/C8H16N2O2/c1-3-4-5-6-7(2)9-10-8(11)12/h3,7,9-10H,1,4-6H2,2H3,(H,11,12). The number of unbranched alkanes of at least 4 members (excludes halogenated alkanes) is 1. The summed E-state index contributed by atoms with van der Waals surface area (Å²) in [5, 5.41) is 8.24. The highest BCUT2D eigenvalue weighted by Gasteiger charge is 2.00. The number of hydrogen-bond acceptors (Lipinski definition) is 2. The van der Waals surface area contributed by atoms with Gasteiger partial charge in [-0.05, 0) is 26.2 Å². The van der Waals surface area contributed by atoms with E-state index in [4.69, 9.17) is 5.11 Å². The van der Waals surface area contributed by atoms with E-state index in [2.05, 4.69) is 17.4 Å². The minimum Gasteiger partial charge on any atom is -0.464 e. The first-order chi connectivity index (χ1) is 5.66. The summed E-state index contributed by atoms with van der Waals surface area (Å²) in [4.78, 5) is 10.0. The van der Waals surface area contributed by atoms with Crippen LogP contribution in [0.1, 0.15) is 26.2 Å². The molecule has 0 rings (SSSR count). The van der Waals surface area contributed by atoms with E-state index >= 15 is 0 Å². The molecule has 0 saturated heterocycles. The summed E-state index contributed by atoms with van der Waals surface area (Å²) in [6, 6.07) is 0.168. The van der Waals surface area contributed by atoms with Crippen molar-refractivity contribution >= 4 is 6.09 Å². The van der Waals surface area contributed by atoms with Gasteiger partial charge in [-0.2, -0.15) is 0 Å². The van der Waals surface area contributed by atoms with Crippen LogP contribution in [-0.4, -0.2) is 17.2 Å². The Labute approximate surface area is 72.6 Å². The van der Waals surface area contributed by atoms with Gasteiger partial charge in [0.2, 0.25) is 0 Å². The number of hydrazine groups is 1. The summed E-state index contributed by atoms with van der Waals surface area (Å²) in [6.45, 7) is 5.53. The second-order valence-corrected chi connectivity index (χ2v) is 2.70. The Balaban J connectivity index is 3.26. The average Bonchev–Trinajstić information content (AvgIpc) is 2.01. The number of carboxylic acid groups (broad SMARTS) is 1. The Kier molecular flexibility index (Phi) is 6.09. The van der Waals surface area contributed by atoms with Gasteiger partial charge >= 0.3 is 6.09 Å². The molecule has 0 aromatic rings. The third kappa shape index (κ3) is 7.08. The molecule has 0 fully saturated rings. The van der Waals surface area contributed by atoms with E-state index in [9.17, 15) is 4.79 Å². The third-order valence-electron chi connectivity index (χ3n) is 1.47. The van der Waals surface area contributed by atoms with Gasteiger partial charge in [0.15, 0.2) is 0 Å². The number of carbonyl (C=O) groups is 1. The van der Waals surface area contributed by atoms with Crippen LogP contribution in [0.25, 0.3) is 0 Å². The molecule has 1 atom stereocenters. The molecule has 3 N–H and O–H groups in total. The monoisotopic (exact) mass is 172 g/mol. The van der Waals surface area contributed by atoms with Gasteiger partial charge in [0, 0.05) is 6.04 Å². The Morgan fingerprint density at radius 3 is 2.92 bits per heavy atom. The van der Waals surface area contributed by atoms with Crippen LogP contribution < -0.4 is 10.9 Å². The van der Waals surface area contributed by atoms with Gasteiger partial charge in [-0.25, -0.2) is 10.2 Å². The van der Waals surface area contributed by atoms with Gasteiger partial charge in [-0.15, -0.1) is 6.58 Å². The van der Waals surface area contributed by atoms with Crippen LogP contribution in [0.15, 0.2) is 12.7 Å². The molecule has 12 heavy (non-hydrogen) atoms. The van der Waals surface area contributed by atoms with Crippen molar-refractivity contribution in [2.45, 2.75) is 32.2 Å². The Morgan fingerprint density at radius 2 is 2.42 bits per heavy atom. The lowest BCUT2D eigenvalue weighted by Gasteiger charge is -2.11. The van der Waals surface area contributed by atoms with Crippen molar-refractivity contribution in [1.82, 2.24) is 10.9 Å². The minimum absolute atomic E-state index is 0.168. The molecule has 4 heteroatoms. The lowest BCUT2D eigenvalue weighted by Crippen LogP contribution is -2.42. The molecule has 0 aliphatic heterocycles. The molecule has 70 valence electrons. The molecule has 0 spiro atoms. The van der Waals surface area contributed by atoms with Crippen LogP contribution >= 0.6 is 0 Å². The summed E-state index contributed by atoms with van der Waals surface area (Å²) in [5.74, 6) is 0. The Morgan fingerprint density at radius 1 is 1.75 bits per heavy atom. The molecule has 0 aromatic carbocycles. The van der Waals surface area contributed by atoms with Crippen molar-refractivity contribution in [2.24, 2.45) is 0 Å². The quantitative estimate of drug-likeness (QED) is 0.323. The van der Waals surface area contributed by atoms with E-state index in [1.165, 1.54) is 0 Å². The van der Waals surface area contributed by atoms with Crippen LogP contribution in [0.3, 0.4) is 0 Å². The summed E-state index contributed by atoms with van der Waals surface area (Å²) < 4.78 is 0. The molecular formula is C8H16N2O2. The maximum absolute atomic E-state index is 10.0. The van der Waals surface area contributed by atoms with Gasteiger partial charge in [0.1, 0.15) is 0 Å². The first kappa shape index (κ1) is 11.0. The predicted octanol–water partition coefficient (Wildman–Crippen LogP) is 1.50. The highest BCUT2D eigenvalue weighted by Crippen LogP contribution is 1.99. The Bertz CT molecular complexity index is 148. The molecule has 0 aliphatic rings. The predicted molar refractivity (Wildman–Crippen MR) is 47.8 cm³/mol. The molecule has 4 nitrogen and oxygen atoms in total. The summed E-state index contributed by atoms with van der Waals surface area (Å²) in [6.07, 6.45) is 3.74. The number of amides is 1. The molecule has 0 aromatic heterocycles. The zero-order valence-electron chi connectivity index (χ0n) is 7.34. The van der Waals surface area contributed by atoms with Crippen molar-refractivity contribution in [1.29, 1.82) is 0 Å². The number of rotatable bonds is 6. The molecule has 0 radical (unpaired) electrons. The third-order valence-corrected chi connectivity index (χ3v) is 1.47. The van der Waals surface area contributed by atoms with Gasteiger partial charge in [-0.1, -0.05) is 6.08 Å². The van der Waals surface area contributed by atoms with E-state index in [1.807, 2.05) is 13.0 Å².